The van der Waals surface area contributed by atoms with E-state index in [1.54, 1.807) is 4.90 Å². The fourth-order valence-electron chi connectivity index (χ4n) is 1.75. The quantitative estimate of drug-likeness (QED) is 0.733. The first kappa shape index (κ1) is 13.0. The van der Waals surface area contributed by atoms with Crippen LogP contribution in [0.5, 0.6) is 0 Å². The Morgan fingerprint density at radius 1 is 1.38 bits per heavy atom. The summed E-state index contributed by atoms with van der Waals surface area (Å²) in [6.45, 7) is 7.45. The van der Waals surface area contributed by atoms with E-state index in [1.165, 1.54) is 0 Å². The van der Waals surface area contributed by atoms with Gasteiger partial charge in [-0.25, -0.2) is 4.79 Å². The molecular weight excluding hydrogens is 206 g/mol. The molecule has 1 heterocycles. The van der Waals surface area contributed by atoms with E-state index >= 15 is 0 Å². The lowest BCUT2D eigenvalue weighted by Crippen LogP contribution is -2.46. The van der Waals surface area contributed by atoms with Gasteiger partial charge in [0, 0.05) is 0 Å². The Morgan fingerprint density at radius 2 is 1.94 bits per heavy atom. The zero-order chi connectivity index (χ0) is 12.3. The number of hydrogen-bond donors (Lipinski definition) is 1. The summed E-state index contributed by atoms with van der Waals surface area (Å²) in [7, 11) is 0. The van der Waals surface area contributed by atoms with Crippen LogP contribution < -0.4 is 0 Å². The number of aliphatic hydroxyl groups is 1. The van der Waals surface area contributed by atoms with Gasteiger partial charge in [-0.05, 0) is 27.2 Å². The Balaban J connectivity index is 2.72. The molecule has 0 aromatic rings. The van der Waals surface area contributed by atoms with Crippen LogP contribution in [-0.4, -0.2) is 40.4 Å². The van der Waals surface area contributed by atoms with E-state index in [-0.39, 0.29) is 24.8 Å². The molecule has 92 valence electrons. The summed E-state index contributed by atoms with van der Waals surface area (Å²) in [4.78, 5) is 13.6. The molecular formula is C12H21NO3. The molecule has 1 N–H and O–H groups in total. The van der Waals surface area contributed by atoms with E-state index in [9.17, 15) is 9.90 Å². The van der Waals surface area contributed by atoms with Crippen molar-refractivity contribution in [1.29, 1.82) is 0 Å². The van der Waals surface area contributed by atoms with Crippen molar-refractivity contribution in [3.05, 3.63) is 12.2 Å². The summed E-state index contributed by atoms with van der Waals surface area (Å²) in [6, 6.07) is -0.216. The summed E-state index contributed by atoms with van der Waals surface area (Å²) in [5.41, 5.74) is -0.502. The molecule has 1 aliphatic heterocycles. The zero-order valence-electron chi connectivity index (χ0n) is 10.4. The minimum absolute atomic E-state index is 0.0343. The summed E-state index contributed by atoms with van der Waals surface area (Å²) in [5.74, 6) is 0. The number of amides is 1. The van der Waals surface area contributed by atoms with E-state index in [1.807, 2.05) is 39.8 Å². The maximum absolute atomic E-state index is 12.0. The van der Waals surface area contributed by atoms with Gasteiger partial charge in [-0.15, -0.1) is 0 Å². The minimum Gasteiger partial charge on any atom is -0.444 e. The fraction of sp³-hybridized carbons (Fsp3) is 0.750. The first-order valence-electron chi connectivity index (χ1n) is 5.69. The van der Waals surface area contributed by atoms with Crippen molar-refractivity contribution in [3.63, 3.8) is 0 Å². The van der Waals surface area contributed by atoms with Gasteiger partial charge >= 0.3 is 6.09 Å². The third kappa shape index (κ3) is 2.98. The molecule has 1 aliphatic rings. The lowest BCUT2D eigenvalue weighted by Gasteiger charge is -2.31. The predicted molar refractivity (Wildman–Crippen MR) is 62.2 cm³/mol. The molecule has 0 aromatic carbocycles. The highest BCUT2D eigenvalue weighted by molar-refractivity contribution is 5.70. The molecule has 0 bridgehead atoms. The van der Waals surface area contributed by atoms with E-state index in [0.29, 0.717) is 0 Å². The second-order valence-electron chi connectivity index (χ2n) is 5.00. The van der Waals surface area contributed by atoms with Crippen LogP contribution in [0.15, 0.2) is 12.2 Å². The highest BCUT2D eigenvalue weighted by Gasteiger charge is 2.34. The van der Waals surface area contributed by atoms with Crippen molar-refractivity contribution >= 4 is 6.09 Å². The van der Waals surface area contributed by atoms with Gasteiger partial charge in [-0.1, -0.05) is 19.1 Å². The number of ether oxygens (including phenoxy) is 1. The molecule has 1 amide bonds. The SMILES string of the molecule is CC[C@H]1C=C[C@@H](CO)N1C(=O)OC(C)(C)C. The lowest BCUT2D eigenvalue weighted by atomic mass is 10.2. The molecule has 1 rings (SSSR count). The van der Waals surface area contributed by atoms with Crippen molar-refractivity contribution in [2.75, 3.05) is 6.61 Å². The Morgan fingerprint density at radius 3 is 2.38 bits per heavy atom. The van der Waals surface area contributed by atoms with Gasteiger partial charge in [-0.2, -0.15) is 0 Å². The van der Waals surface area contributed by atoms with Crippen LogP contribution in [0.4, 0.5) is 4.79 Å². The Labute approximate surface area is 96.9 Å². The van der Waals surface area contributed by atoms with Crippen LogP contribution in [-0.2, 0) is 4.74 Å². The number of carbonyl (C=O) groups excluding carboxylic acids is 1. The van der Waals surface area contributed by atoms with Gasteiger partial charge < -0.3 is 9.84 Å². The number of rotatable bonds is 2. The number of hydrogen-bond acceptors (Lipinski definition) is 3. The van der Waals surface area contributed by atoms with Crippen LogP contribution in [0.3, 0.4) is 0 Å². The predicted octanol–water partition coefficient (Wildman–Crippen LogP) is 1.93. The average Bonchev–Trinajstić information content (AvgIpc) is 2.57. The van der Waals surface area contributed by atoms with Gasteiger partial charge in [-0.3, -0.25) is 4.90 Å². The normalized spacial score (nSPS) is 24.9. The number of nitrogens with zero attached hydrogens (tertiary/aromatic N) is 1. The molecule has 0 saturated carbocycles. The molecule has 4 heteroatoms. The zero-order valence-corrected chi connectivity index (χ0v) is 10.4. The molecule has 0 radical (unpaired) electrons. The number of aliphatic hydroxyl groups excluding tert-OH is 1. The highest BCUT2D eigenvalue weighted by Crippen LogP contribution is 2.22. The second kappa shape index (κ2) is 4.87. The Hall–Kier alpha value is -1.03. The van der Waals surface area contributed by atoms with Gasteiger partial charge in [0.2, 0.25) is 0 Å². The maximum atomic E-state index is 12.0. The monoisotopic (exact) mass is 227 g/mol. The summed E-state index contributed by atoms with van der Waals surface area (Å²) >= 11 is 0. The van der Waals surface area contributed by atoms with Gasteiger partial charge in [0.05, 0.1) is 18.7 Å². The van der Waals surface area contributed by atoms with Crippen molar-refractivity contribution in [2.24, 2.45) is 0 Å². The molecule has 0 saturated heterocycles. The highest BCUT2D eigenvalue weighted by atomic mass is 16.6. The van der Waals surface area contributed by atoms with Crippen LogP contribution in [0.25, 0.3) is 0 Å². The first-order valence-corrected chi connectivity index (χ1v) is 5.69. The Bertz CT molecular complexity index is 266. The van der Waals surface area contributed by atoms with Gasteiger partial charge in [0.1, 0.15) is 5.60 Å². The van der Waals surface area contributed by atoms with Crippen LogP contribution in [0.2, 0.25) is 0 Å². The number of carbonyl (C=O) groups is 1. The first-order chi connectivity index (χ1) is 7.39. The molecule has 0 spiro atoms. The van der Waals surface area contributed by atoms with Crippen molar-refractivity contribution < 1.29 is 14.6 Å². The summed E-state index contributed by atoms with van der Waals surface area (Å²) in [6.07, 6.45) is 4.28. The molecule has 0 unspecified atom stereocenters. The second-order valence-corrected chi connectivity index (χ2v) is 5.00. The van der Waals surface area contributed by atoms with Crippen LogP contribution >= 0.6 is 0 Å². The van der Waals surface area contributed by atoms with E-state index in [0.717, 1.165) is 6.42 Å². The standard InChI is InChI=1S/C12H21NO3/c1-5-9-6-7-10(8-14)13(9)11(15)16-12(2,3)4/h6-7,9-10,14H,5,8H2,1-4H3/t9-,10-/m0/s1. The smallest absolute Gasteiger partial charge is 0.411 e. The molecule has 0 aliphatic carbocycles. The molecule has 0 fully saturated rings. The average molecular weight is 227 g/mol. The topological polar surface area (TPSA) is 49.8 Å². The van der Waals surface area contributed by atoms with Crippen molar-refractivity contribution in [3.8, 4) is 0 Å². The Kier molecular flexibility index (Phi) is 3.97. The summed E-state index contributed by atoms with van der Waals surface area (Å²) < 4.78 is 5.32. The van der Waals surface area contributed by atoms with Crippen LogP contribution in [0.1, 0.15) is 34.1 Å². The van der Waals surface area contributed by atoms with Crippen molar-refractivity contribution in [1.82, 2.24) is 4.90 Å². The van der Waals surface area contributed by atoms with Gasteiger partial charge in [0.15, 0.2) is 0 Å². The van der Waals surface area contributed by atoms with Crippen molar-refractivity contribution in [2.45, 2.75) is 51.8 Å². The minimum atomic E-state index is -0.502. The third-order valence-electron chi connectivity index (χ3n) is 2.48. The van der Waals surface area contributed by atoms with Gasteiger partial charge in [0.25, 0.3) is 0 Å². The van der Waals surface area contributed by atoms with E-state index < -0.39 is 5.60 Å². The lowest BCUT2D eigenvalue weighted by molar-refractivity contribution is 0.0114. The maximum Gasteiger partial charge on any atom is 0.411 e. The van der Waals surface area contributed by atoms with E-state index in [4.69, 9.17) is 4.74 Å². The fourth-order valence-corrected chi connectivity index (χ4v) is 1.75. The molecule has 2 atom stereocenters. The molecule has 0 aromatic heterocycles. The third-order valence-corrected chi connectivity index (χ3v) is 2.48. The van der Waals surface area contributed by atoms with Crippen LogP contribution in [0, 0.1) is 0 Å². The molecule has 4 nitrogen and oxygen atoms in total. The van der Waals surface area contributed by atoms with E-state index in [2.05, 4.69) is 0 Å². The summed E-state index contributed by atoms with van der Waals surface area (Å²) in [5, 5.41) is 9.20. The molecule has 16 heavy (non-hydrogen) atoms. The largest absolute Gasteiger partial charge is 0.444 e.